The molecule has 0 saturated heterocycles. The summed E-state index contributed by atoms with van der Waals surface area (Å²) < 4.78 is 17.2. The van der Waals surface area contributed by atoms with E-state index in [1.54, 1.807) is 12.1 Å². The summed E-state index contributed by atoms with van der Waals surface area (Å²) >= 11 is 0. The van der Waals surface area contributed by atoms with Crippen LogP contribution in [0.25, 0.3) is 0 Å². The topological polar surface area (TPSA) is 44.8 Å². The maximum atomic E-state index is 12.7. The van der Waals surface area contributed by atoms with Gasteiger partial charge in [0.15, 0.2) is 0 Å². The van der Waals surface area contributed by atoms with E-state index in [2.05, 4.69) is 13.2 Å². The minimum absolute atomic E-state index is 0.0390. The molecule has 0 amide bonds. The van der Waals surface area contributed by atoms with Gasteiger partial charge in [0.25, 0.3) is 0 Å². The molecule has 164 valence electrons. The molecule has 0 bridgehead atoms. The number of hydrogen-bond acceptors (Lipinski definition) is 4. The highest BCUT2D eigenvalue weighted by Crippen LogP contribution is 2.39. The molecule has 30 heavy (non-hydrogen) atoms. The molecule has 1 aromatic carbocycles. The summed E-state index contributed by atoms with van der Waals surface area (Å²) in [6, 6.07) is 5.50. The number of carbonyl (C=O) groups excluding carboxylic acids is 1. The molecule has 4 heteroatoms. The molecule has 0 aliphatic heterocycles. The standard InChI is InChI=1S/C26H36O4/c1-4-16-28-22-10-6-20(7-11-22)21-8-12-23(13-9-21)30-26(27)25-15-14-24(18-19(25)3)29-17-5-2/h4-5,14-15,18,20-23H,1-2,6-13,16-17H2,3H3. The summed E-state index contributed by atoms with van der Waals surface area (Å²) in [6.45, 7) is 10.4. The summed E-state index contributed by atoms with van der Waals surface area (Å²) in [5, 5.41) is 0. The first-order valence-corrected chi connectivity index (χ1v) is 11.4. The average Bonchev–Trinajstić information content (AvgIpc) is 2.77. The maximum absolute atomic E-state index is 12.7. The second-order valence-electron chi connectivity index (χ2n) is 8.68. The normalized spacial score (nSPS) is 26.6. The van der Waals surface area contributed by atoms with Gasteiger partial charge in [0.1, 0.15) is 18.5 Å². The van der Waals surface area contributed by atoms with Crippen LogP contribution in [-0.4, -0.2) is 31.4 Å². The van der Waals surface area contributed by atoms with Crippen LogP contribution in [0.1, 0.15) is 67.3 Å². The zero-order valence-corrected chi connectivity index (χ0v) is 18.3. The molecule has 3 rings (SSSR count). The van der Waals surface area contributed by atoms with Crippen LogP contribution >= 0.6 is 0 Å². The molecule has 1 aromatic rings. The monoisotopic (exact) mass is 412 g/mol. The van der Waals surface area contributed by atoms with Crippen molar-refractivity contribution in [2.24, 2.45) is 11.8 Å². The number of aryl methyl sites for hydroxylation is 1. The molecule has 0 spiro atoms. The molecular formula is C26H36O4. The van der Waals surface area contributed by atoms with Crippen LogP contribution in [0.4, 0.5) is 0 Å². The fraction of sp³-hybridized carbons (Fsp3) is 0.577. The molecule has 2 aliphatic carbocycles. The highest BCUT2D eigenvalue weighted by molar-refractivity contribution is 5.91. The fourth-order valence-corrected chi connectivity index (χ4v) is 4.93. The average molecular weight is 413 g/mol. The number of ether oxygens (including phenoxy) is 3. The van der Waals surface area contributed by atoms with E-state index in [1.807, 2.05) is 25.1 Å². The predicted molar refractivity (Wildman–Crippen MR) is 120 cm³/mol. The van der Waals surface area contributed by atoms with Crippen molar-refractivity contribution in [3.05, 3.63) is 54.6 Å². The van der Waals surface area contributed by atoms with Gasteiger partial charge in [-0.25, -0.2) is 4.79 Å². The van der Waals surface area contributed by atoms with Crippen molar-refractivity contribution in [3.63, 3.8) is 0 Å². The van der Waals surface area contributed by atoms with Gasteiger partial charge in [-0.1, -0.05) is 18.7 Å². The van der Waals surface area contributed by atoms with E-state index in [0.29, 0.717) is 24.9 Å². The summed E-state index contributed by atoms with van der Waals surface area (Å²) in [6.07, 6.45) is 13.1. The lowest BCUT2D eigenvalue weighted by Gasteiger charge is -2.37. The third kappa shape index (κ3) is 6.21. The van der Waals surface area contributed by atoms with Gasteiger partial charge in [0, 0.05) is 0 Å². The van der Waals surface area contributed by atoms with Gasteiger partial charge >= 0.3 is 5.97 Å². The molecule has 0 heterocycles. The lowest BCUT2D eigenvalue weighted by molar-refractivity contribution is 0.000848. The lowest BCUT2D eigenvalue weighted by Crippen LogP contribution is -2.31. The highest BCUT2D eigenvalue weighted by atomic mass is 16.5. The largest absolute Gasteiger partial charge is 0.490 e. The minimum Gasteiger partial charge on any atom is -0.490 e. The first-order valence-electron chi connectivity index (χ1n) is 11.4. The Labute approximate surface area is 181 Å². The van der Waals surface area contributed by atoms with E-state index in [1.165, 1.54) is 25.7 Å². The SMILES string of the molecule is C=CCOc1ccc(C(=O)OC2CCC(C3CCC(OCC=C)CC3)CC2)c(C)c1. The molecule has 0 aromatic heterocycles. The van der Waals surface area contributed by atoms with Gasteiger partial charge in [-0.05, 0) is 93.9 Å². The van der Waals surface area contributed by atoms with Crippen LogP contribution in [0.15, 0.2) is 43.5 Å². The van der Waals surface area contributed by atoms with E-state index in [9.17, 15) is 4.79 Å². The van der Waals surface area contributed by atoms with Crippen LogP contribution in [0.3, 0.4) is 0 Å². The van der Waals surface area contributed by atoms with Crippen LogP contribution in [0.5, 0.6) is 5.75 Å². The van der Waals surface area contributed by atoms with Crippen LogP contribution in [-0.2, 0) is 9.47 Å². The van der Waals surface area contributed by atoms with Crippen molar-refractivity contribution in [2.75, 3.05) is 13.2 Å². The van der Waals surface area contributed by atoms with E-state index in [-0.39, 0.29) is 12.1 Å². The molecule has 4 nitrogen and oxygen atoms in total. The second kappa shape index (κ2) is 11.4. The van der Waals surface area contributed by atoms with Gasteiger partial charge < -0.3 is 14.2 Å². The third-order valence-corrected chi connectivity index (χ3v) is 6.61. The number of benzene rings is 1. The van der Waals surface area contributed by atoms with E-state index >= 15 is 0 Å². The van der Waals surface area contributed by atoms with Crippen molar-refractivity contribution in [1.82, 2.24) is 0 Å². The highest BCUT2D eigenvalue weighted by Gasteiger charge is 2.32. The fourth-order valence-electron chi connectivity index (χ4n) is 4.93. The van der Waals surface area contributed by atoms with Crippen molar-refractivity contribution in [2.45, 2.75) is 70.5 Å². The molecule has 0 radical (unpaired) electrons. The Hall–Kier alpha value is -2.07. The quantitative estimate of drug-likeness (QED) is 0.366. The Morgan fingerprint density at radius 1 is 0.933 bits per heavy atom. The van der Waals surface area contributed by atoms with Crippen molar-refractivity contribution < 1.29 is 19.0 Å². The molecule has 2 aliphatic rings. The molecule has 0 unspecified atom stereocenters. The van der Waals surface area contributed by atoms with Gasteiger partial charge in [0.2, 0.25) is 0 Å². The smallest absolute Gasteiger partial charge is 0.338 e. The zero-order valence-electron chi connectivity index (χ0n) is 18.3. The summed E-state index contributed by atoms with van der Waals surface area (Å²) in [5.74, 6) is 2.10. The summed E-state index contributed by atoms with van der Waals surface area (Å²) in [4.78, 5) is 12.7. The van der Waals surface area contributed by atoms with Crippen molar-refractivity contribution >= 4 is 5.97 Å². The molecular weight excluding hydrogens is 376 g/mol. The van der Waals surface area contributed by atoms with Crippen molar-refractivity contribution in [3.8, 4) is 5.75 Å². The number of carbonyl (C=O) groups is 1. The number of rotatable bonds is 9. The van der Waals surface area contributed by atoms with Crippen LogP contribution in [0, 0.1) is 18.8 Å². The number of hydrogen-bond donors (Lipinski definition) is 0. The van der Waals surface area contributed by atoms with Gasteiger partial charge in [-0.3, -0.25) is 0 Å². The predicted octanol–water partition coefficient (Wildman–Crippen LogP) is 6.04. The van der Waals surface area contributed by atoms with E-state index in [4.69, 9.17) is 14.2 Å². The van der Waals surface area contributed by atoms with Gasteiger partial charge in [0.05, 0.1) is 18.3 Å². The molecule has 2 saturated carbocycles. The first kappa shape index (κ1) is 22.6. The third-order valence-electron chi connectivity index (χ3n) is 6.61. The second-order valence-corrected chi connectivity index (χ2v) is 8.68. The Kier molecular flexibility index (Phi) is 8.56. The van der Waals surface area contributed by atoms with Crippen LogP contribution in [0.2, 0.25) is 0 Å². The summed E-state index contributed by atoms with van der Waals surface area (Å²) in [5.41, 5.74) is 1.51. The van der Waals surface area contributed by atoms with Gasteiger partial charge in [-0.2, -0.15) is 0 Å². The van der Waals surface area contributed by atoms with Gasteiger partial charge in [-0.15, -0.1) is 6.58 Å². The first-order chi connectivity index (χ1) is 14.6. The maximum Gasteiger partial charge on any atom is 0.338 e. The van der Waals surface area contributed by atoms with Crippen molar-refractivity contribution in [1.29, 1.82) is 0 Å². The Bertz CT molecular complexity index is 710. The van der Waals surface area contributed by atoms with E-state index in [0.717, 1.165) is 48.8 Å². The molecule has 0 N–H and O–H groups in total. The summed E-state index contributed by atoms with van der Waals surface area (Å²) in [7, 11) is 0. The Balaban J connectivity index is 1.43. The molecule has 0 atom stereocenters. The molecule has 2 fully saturated rings. The van der Waals surface area contributed by atoms with E-state index < -0.39 is 0 Å². The Morgan fingerprint density at radius 3 is 2.10 bits per heavy atom. The minimum atomic E-state index is -0.217. The zero-order chi connectivity index (χ0) is 21.3. The van der Waals surface area contributed by atoms with Crippen LogP contribution < -0.4 is 4.74 Å². The Morgan fingerprint density at radius 2 is 1.53 bits per heavy atom. The number of esters is 1. The lowest BCUT2D eigenvalue weighted by atomic mass is 9.72.